The molecule has 0 fully saturated rings. The van der Waals surface area contributed by atoms with Crippen LogP contribution in [0.3, 0.4) is 0 Å². The largest absolute Gasteiger partial charge is 0.493 e. The van der Waals surface area contributed by atoms with Gasteiger partial charge in [0.05, 0.1) is 17.6 Å². The maximum Gasteiger partial charge on any atom is 0.220 e. The van der Waals surface area contributed by atoms with Gasteiger partial charge in [-0.3, -0.25) is 4.79 Å². The molecule has 5 heteroatoms. The van der Waals surface area contributed by atoms with Crippen molar-refractivity contribution in [2.75, 3.05) is 13.2 Å². The SMILES string of the molecule is C=CCc1ccccc1OCCCCn1c(CCCCCNC(=O)CCc2ccccc2)nc2ccccc21. The molecule has 1 amide bonds. The van der Waals surface area contributed by atoms with Crippen LogP contribution in [0, 0.1) is 0 Å². The summed E-state index contributed by atoms with van der Waals surface area (Å²) in [4.78, 5) is 17.1. The number of amides is 1. The number of hydrogen-bond acceptors (Lipinski definition) is 3. The van der Waals surface area contributed by atoms with Crippen molar-refractivity contribution in [2.24, 2.45) is 0 Å². The first kappa shape index (κ1) is 28.2. The van der Waals surface area contributed by atoms with Crippen molar-refractivity contribution in [1.82, 2.24) is 14.9 Å². The highest BCUT2D eigenvalue weighted by Crippen LogP contribution is 2.21. The molecule has 0 spiro atoms. The number of aryl methyl sites for hydroxylation is 3. The molecule has 0 saturated carbocycles. The first-order chi connectivity index (χ1) is 19.2. The number of unbranched alkanes of at least 4 members (excludes halogenated alkanes) is 3. The van der Waals surface area contributed by atoms with Gasteiger partial charge in [-0.2, -0.15) is 0 Å². The quantitative estimate of drug-likeness (QED) is 0.119. The Hall–Kier alpha value is -3.86. The zero-order chi connectivity index (χ0) is 27.1. The van der Waals surface area contributed by atoms with Gasteiger partial charge < -0.3 is 14.6 Å². The summed E-state index contributed by atoms with van der Waals surface area (Å²) in [7, 11) is 0. The minimum Gasteiger partial charge on any atom is -0.493 e. The molecule has 4 aromatic rings. The Morgan fingerprint density at radius 3 is 2.54 bits per heavy atom. The molecular formula is C34H41N3O2. The van der Waals surface area contributed by atoms with Crippen LogP contribution < -0.4 is 10.1 Å². The monoisotopic (exact) mass is 523 g/mol. The molecule has 0 bridgehead atoms. The second kappa shape index (κ2) is 15.5. The second-order valence-electron chi connectivity index (χ2n) is 9.97. The van der Waals surface area contributed by atoms with Crippen LogP contribution in [0.2, 0.25) is 0 Å². The molecule has 204 valence electrons. The maximum absolute atomic E-state index is 12.2. The summed E-state index contributed by atoms with van der Waals surface area (Å²) in [6, 6.07) is 26.8. The van der Waals surface area contributed by atoms with Crippen molar-refractivity contribution >= 4 is 16.9 Å². The summed E-state index contributed by atoms with van der Waals surface area (Å²) in [6.07, 6.45) is 10.2. The van der Waals surface area contributed by atoms with Crippen molar-refractivity contribution in [3.63, 3.8) is 0 Å². The molecule has 0 saturated heterocycles. The second-order valence-corrected chi connectivity index (χ2v) is 9.97. The third-order valence-electron chi connectivity index (χ3n) is 6.99. The number of ether oxygens (including phenoxy) is 1. The Kier molecular flexibility index (Phi) is 11.2. The Balaban J connectivity index is 1.18. The molecule has 39 heavy (non-hydrogen) atoms. The van der Waals surface area contributed by atoms with E-state index in [1.165, 1.54) is 16.6 Å². The van der Waals surface area contributed by atoms with E-state index in [4.69, 9.17) is 9.72 Å². The Labute approximate surface area is 232 Å². The maximum atomic E-state index is 12.2. The summed E-state index contributed by atoms with van der Waals surface area (Å²) in [5.74, 6) is 2.24. The van der Waals surface area contributed by atoms with Gasteiger partial charge >= 0.3 is 0 Å². The predicted molar refractivity (Wildman–Crippen MR) is 160 cm³/mol. The van der Waals surface area contributed by atoms with Gasteiger partial charge in [-0.15, -0.1) is 6.58 Å². The minimum absolute atomic E-state index is 0.133. The third kappa shape index (κ3) is 8.85. The fourth-order valence-corrected chi connectivity index (χ4v) is 4.89. The Bertz CT molecular complexity index is 1310. The fraction of sp³-hybridized carbons (Fsp3) is 0.353. The zero-order valence-corrected chi connectivity index (χ0v) is 23.0. The van der Waals surface area contributed by atoms with Crippen LogP contribution in [-0.4, -0.2) is 28.6 Å². The van der Waals surface area contributed by atoms with Gasteiger partial charge in [0, 0.05) is 25.9 Å². The lowest BCUT2D eigenvalue weighted by molar-refractivity contribution is -0.121. The molecule has 0 aliphatic rings. The number of carbonyl (C=O) groups excluding carboxylic acids is 1. The highest BCUT2D eigenvalue weighted by atomic mass is 16.5. The van der Waals surface area contributed by atoms with E-state index in [1.54, 1.807) is 0 Å². The van der Waals surface area contributed by atoms with Gasteiger partial charge in [0.2, 0.25) is 5.91 Å². The van der Waals surface area contributed by atoms with Crippen molar-refractivity contribution < 1.29 is 9.53 Å². The van der Waals surface area contributed by atoms with Gasteiger partial charge in [-0.05, 0) is 67.9 Å². The predicted octanol–water partition coefficient (Wildman–Crippen LogP) is 7.09. The van der Waals surface area contributed by atoms with Crippen LogP contribution in [0.25, 0.3) is 11.0 Å². The van der Waals surface area contributed by atoms with Gasteiger partial charge in [-0.1, -0.05) is 73.2 Å². The number of imidazole rings is 1. The van der Waals surface area contributed by atoms with Crippen LogP contribution in [0.1, 0.15) is 55.5 Å². The number of fused-ring (bicyclic) bond motifs is 1. The third-order valence-corrected chi connectivity index (χ3v) is 6.99. The van der Waals surface area contributed by atoms with Crippen LogP contribution in [0.5, 0.6) is 5.75 Å². The highest BCUT2D eigenvalue weighted by Gasteiger charge is 2.10. The van der Waals surface area contributed by atoms with E-state index in [9.17, 15) is 4.79 Å². The van der Waals surface area contributed by atoms with Gasteiger partial charge in [-0.25, -0.2) is 4.98 Å². The highest BCUT2D eigenvalue weighted by molar-refractivity contribution is 5.76. The number of para-hydroxylation sites is 3. The van der Waals surface area contributed by atoms with Crippen molar-refractivity contribution in [1.29, 1.82) is 0 Å². The number of rotatable bonds is 17. The molecule has 0 unspecified atom stereocenters. The molecule has 1 heterocycles. The molecule has 3 aromatic carbocycles. The number of allylic oxidation sites excluding steroid dienone is 1. The van der Waals surface area contributed by atoms with Crippen LogP contribution in [-0.2, 0) is 30.6 Å². The van der Waals surface area contributed by atoms with E-state index in [0.29, 0.717) is 13.0 Å². The van der Waals surface area contributed by atoms with Crippen LogP contribution in [0.15, 0.2) is 91.5 Å². The molecule has 0 atom stereocenters. The number of nitrogens with one attached hydrogen (secondary N) is 1. The van der Waals surface area contributed by atoms with E-state index in [2.05, 4.69) is 58.9 Å². The molecule has 1 aromatic heterocycles. The topological polar surface area (TPSA) is 56.1 Å². The van der Waals surface area contributed by atoms with Gasteiger partial charge in [0.25, 0.3) is 0 Å². The van der Waals surface area contributed by atoms with E-state index in [-0.39, 0.29) is 5.91 Å². The number of benzene rings is 3. The average molecular weight is 524 g/mol. The van der Waals surface area contributed by atoms with E-state index in [1.807, 2.05) is 42.5 Å². The van der Waals surface area contributed by atoms with Crippen LogP contribution >= 0.6 is 0 Å². The summed E-state index contributed by atoms with van der Waals surface area (Å²) < 4.78 is 8.46. The van der Waals surface area contributed by atoms with Gasteiger partial charge in [0.1, 0.15) is 11.6 Å². The summed E-state index contributed by atoms with van der Waals surface area (Å²) in [5.41, 5.74) is 4.65. The molecule has 0 radical (unpaired) electrons. The molecule has 0 aliphatic heterocycles. The summed E-state index contributed by atoms with van der Waals surface area (Å²) in [5, 5.41) is 3.07. The van der Waals surface area contributed by atoms with E-state index >= 15 is 0 Å². The lowest BCUT2D eigenvalue weighted by atomic mass is 10.1. The van der Waals surface area contributed by atoms with E-state index in [0.717, 1.165) is 81.5 Å². The molecule has 4 rings (SSSR count). The fourth-order valence-electron chi connectivity index (χ4n) is 4.89. The Morgan fingerprint density at radius 2 is 1.67 bits per heavy atom. The molecule has 5 nitrogen and oxygen atoms in total. The average Bonchev–Trinajstić information content (AvgIpc) is 3.32. The number of carbonyl (C=O) groups is 1. The first-order valence-corrected chi connectivity index (χ1v) is 14.3. The Morgan fingerprint density at radius 1 is 0.872 bits per heavy atom. The summed E-state index contributed by atoms with van der Waals surface area (Å²) >= 11 is 0. The molecule has 0 aliphatic carbocycles. The smallest absolute Gasteiger partial charge is 0.220 e. The number of hydrogen-bond donors (Lipinski definition) is 1. The van der Waals surface area contributed by atoms with Crippen molar-refractivity contribution in [3.8, 4) is 5.75 Å². The number of nitrogens with zero attached hydrogens (tertiary/aromatic N) is 2. The first-order valence-electron chi connectivity index (χ1n) is 14.3. The normalized spacial score (nSPS) is 11.0. The summed E-state index contributed by atoms with van der Waals surface area (Å²) in [6.45, 7) is 6.22. The van der Waals surface area contributed by atoms with Crippen LogP contribution in [0.4, 0.5) is 0 Å². The van der Waals surface area contributed by atoms with Crippen molar-refractivity contribution in [2.45, 2.75) is 64.3 Å². The lowest BCUT2D eigenvalue weighted by Crippen LogP contribution is -2.24. The lowest BCUT2D eigenvalue weighted by Gasteiger charge is -2.12. The molecular weight excluding hydrogens is 482 g/mol. The number of aromatic nitrogens is 2. The van der Waals surface area contributed by atoms with Crippen molar-refractivity contribution in [3.05, 3.63) is 108 Å². The van der Waals surface area contributed by atoms with Gasteiger partial charge in [0.15, 0.2) is 0 Å². The minimum atomic E-state index is 0.133. The molecule has 1 N–H and O–H groups in total. The van der Waals surface area contributed by atoms with E-state index < -0.39 is 0 Å². The zero-order valence-electron chi connectivity index (χ0n) is 23.0. The standard InChI is InChI=1S/C34H41N3O2/c1-2-15-29-18-8-11-21-32(29)39-27-14-13-26-37-31-20-10-9-19-30(31)36-33(37)22-7-4-12-25-35-34(38)24-23-28-16-5-3-6-17-28/h2-3,5-6,8-11,16-21H,1,4,7,12-15,22-27H2,(H,35,38).